The molecule has 1 aliphatic rings. The van der Waals surface area contributed by atoms with Gasteiger partial charge in [0, 0.05) is 33.4 Å². The molecule has 1 aliphatic heterocycles. The molecule has 2 N–H and O–H groups in total. The van der Waals surface area contributed by atoms with Crippen molar-refractivity contribution in [2.45, 2.75) is 6.54 Å². The molecular formula is C13H21N5O. The Kier molecular flexibility index (Phi) is 4.57. The van der Waals surface area contributed by atoms with Gasteiger partial charge < -0.3 is 20.3 Å². The smallest absolute Gasteiger partial charge is 0.191 e. The van der Waals surface area contributed by atoms with Crippen molar-refractivity contribution in [2.24, 2.45) is 10.7 Å². The van der Waals surface area contributed by atoms with E-state index in [-0.39, 0.29) is 0 Å². The Hall–Kier alpha value is -1.82. The molecule has 0 unspecified atom stereocenters. The van der Waals surface area contributed by atoms with Crippen molar-refractivity contribution in [3.8, 4) is 0 Å². The fourth-order valence-corrected chi connectivity index (χ4v) is 2.01. The number of hydrogen-bond donors (Lipinski definition) is 1. The number of hydrogen-bond acceptors (Lipinski definition) is 4. The largest absolute Gasteiger partial charge is 0.378 e. The first-order chi connectivity index (χ1) is 9.18. The fraction of sp³-hybridized carbons (Fsp3) is 0.538. The van der Waals surface area contributed by atoms with Crippen molar-refractivity contribution >= 4 is 11.6 Å². The van der Waals surface area contributed by atoms with Crippen LogP contribution in [0.1, 0.15) is 5.69 Å². The van der Waals surface area contributed by atoms with Gasteiger partial charge >= 0.3 is 0 Å². The van der Waals surface area contributed by atoms with Crippen LogP contribution in [-0.2, 0) is 11.3 Å². The molecule has 0 radical (unpaired) electrons. The van der Waals surface area contributed by atoms with Crippen molar-refractivity contribution in [1.29, 1.82) is 0 Å². The molecule has 0 aromatic carbocycles. The molecule has 0 saturated carbocycles. The summed E-state index contributed by atoms with van der Waals surface area (Å²) in [6.45, 7) is 3.53. The van der Waals surface area contributed by atoms with Crippen LogP contribution in [0, 0.1) is 0 Å². The lowest BCUT2D eigenvalue weighted by Gasteiger charge is -2.27. The molecule has 0 amide bonds. The van der Waals surface area contributed by atoms with Crippen LogP contribution in [-0.4, -0.2) is 56.2 Å². The Morgan fingerprint density at radius 2 is 2.21 bits per heavy atom. The summed E-state index contributed by atoms with van der Waals surface area (Å²) < 4.78 is 5.29. The number of ether oxygens (including phenoxy) is 1. The highest BCUT2D eigenvalue weighted by atomic mass is 16.5. The fourth-order valence-electron chi connectivity index (χ4n) is 2.01. The lowest BCUT2D eigenvalue weighted by atomic mass is 10.3. The Balaban J connectivity index is 2.04. The van der Waals surface area contributed by atoms with Gasteiger partial charge in [-0.1, -0.05) is 0 Å². The van der Waals surface area contributed by atoms with Crippen molar-refractivity contribution in [1.82, 2.24) is 9.88 Å². The predicted octanol–water partition coefficient (Wildman–Crippen LogP) is 0.295. The Labute approximate surface area is 113 Å². The molecule has 104 valence electrons. The van der Waals surface area contributed by atoms with Gasteiger partial charge in [0.15, 0.2) is 5.96 Å². The first-order valence-corrected chi connectivity index (χ1v) is 6.42. The lowest BCUT2D eigenvalue weighted by Crippen LogP contribution is -2.44. The molecule has 0 aliphatic carbocycles. The molecule has 0 spiro atoms. The number of rotatable bonds is 3. The molecule has 1 fully saturated rings. The number of nitrogens with zero attached hydrogens (tertiary/aromatic N) is 4. The summed E-state index contributed by atoms with van der Waals surface area (Å²) in [6, 6.07) is 3.96. The van der Waals surface area contributed by atoms with E-state index < -0.39 is 0 Å². The first kappa shape index (κ1) is 13.6. The van der Waals surface area contributed by atoms with Crippen LogP contribution in [0.5, 0.6) is 0 Å². The maximum Gasteiger partial charge on any atom is 0.191 e. The molecule has 0 bridgehead atoms. The molecule has 1 aromatic heterocycles. The minimum absolute atomic E-state index is 0.498. The van der Waals surface area contributed by atoms with Crippen LogP contribution in [0.2, 0.25) is 0 Å². The first-order valence-electron chi connectivity index (χ1n) is 6.42. The number of guanidine groups is 1. The van der Waals surface area contributed by atoms with Gasteiger partial charge in [-0.2, -0.15) is 0 Å². The third kappa shape index (κ3) is 3.57. The number of morpholine rings is 1. The highest BCUT2D eigenvalue weighted by molar-refractivity contribution is 5.78. The van der Waals surface area contributed by atoms with Gasteiger partial charge in [0.05, 0.1) is 31.1 Å². The quantitative estimate of drug-likeness (QED) is 0.627. The van der Waals surface area contributed by atoms with Gasteiger partial charge in [-0.3, -0.25) is 4.98 Å². The summed E-state index contributed by atoms with van der Waals surface area (Å²) in [4.78, 5) is 12.9. The zero-order chi connectivity index (χ0) is 13.7. The summed E-state index contributed by atoms with van der Waals surface area (Å²) in [5, 5.41) is 0. The van der Waals surface area contributed by atoms with Gasteiger partial charge in [-0.25, -0.2) is 4.99 Å². The van der Waals surface area contributed by atoms with Gasteiger partial charge in [0.2, 0.25) is 0 Å². The normalized spacial score (nSPS) is 16.5. The van der Waals surface area contributed by atoms with Crippen LogP contribution in [0.4, 0.5) is 5.69 Å². The van der Waals surface area contributed by atoms with Gasteiger partial charge in [-0.15, -0.1) is 0 Å². The van der Waals surface area contributed by atoms with Crippen molar-refractivity contribution in [2.75, 3.05) is 45.3 Å². The third-order valence-corrected chi connectivity index (χ3v) is 3.07. The number of nitrogens with two attached hydrogens (primary N) is 1. The summed E-state index contributed by atoms with van der Waals surface area (Å²) in [5.74, 6) is 0.568. The van der Waals surface area contributed by atoms with Gasteiger partial charge in [0.1, 0.15) is 0 Å². The van der Waals surface area contributed by atoms with Crippen LogP contribution < -0.4 is 10.6 Å². The maximum atomic E-state index is 6.00. The van der Waals surface area contributed by atoms with E-state index in [4.69, 9.17) is 10.5 Å². The minimum Gasteiger partial charge on any atom is -0.378 e. The minimum atomic E-state index is 0.498. The second-order valence-corrected chi connectivity index (χ2v) is 4.64. The molecule has 2 rings (SSSR count). The molecule has 19 heavy (non-hydrogen) atoms. The van der Waals surface area contributed by atoms with E-state index in [1.807, 2.05) is 36.0 Å². The van der Waals surface area contributed by atoms with E-state index in [9.17, 15) is 0 Å². The summed E-state index contributed by atoms with van der Waals surface area (Å²) in [7, 11) is 3.99. The van der Waals surface area contributed by atoms with Crippen molar-refractivity contribution < 1.29 is 4.74 Å². The number of anilines is 1. The monoisotopic (exact) mass is 263 g/mol. The molecule has 1 aromatic rings. The van der Waals surface area contributed by atoms with Crippen molar-refractivity contribution in [3.63, 3.8) is 0 Å². The van der Waals surface area contributed by atoms with E-state index in [0.717, 1.165) is 24.5 Å². The average molecular weight is 263 g/mol. The Morgan fingerprint density at radius 3 is 2.89 bits per heavy atom. The van der Waals surface area contributed by atoms with Crippen LogP contribution >= 0.6 is 0 Å². The van der Waals surface area contributed by atoms with E-state index in [0.29, 0.717) is 25.7 Å². The molecule has 6 heteroatoms. The highest BCUT2D eigenvalue weighted by Gasteiger charge is 2.12. The lowest BCUT2D eigenvalue weighted by molar-refractivity contribution is 0.0674. The predicted molar refractivity (Wildman–Crippen MR) is 76.3 cm³/mol. The van der Waals surface area contributed by atoms with Crippen LogP contribution in [0.3, 0.4) is 0 Å². The van der Waals surface area contributed by atoms with E-state index in [1.54, 1.807) is 6.20 Å². The standard InChI is InChI=1S/C13H21N5O/c1-17(2)12-4-3-5-15-11(12)10-16-13(14)18-6-8-19-9-7-18/h3-5H,6-10H2,1-2H3,(H2,14,16). The summed E-state index contributed by atoms with van der Waals surface area (Å²) >= 11 is 0. The topological polar surface area (TPSA) is 67.0 Å². The van der Waals surface area contributed by atoms with Crippen molar-refractivity contribution in [3.05, 3.63) is 24.0 Å². The second kappa shape index (κ2) is 6.38. The third-order valence-electron chi connectivity index (χ3n) is 3.07. The molecule has 6 nitrogen and oxygen atoms in total. The zero-order valence-electron chi connectivity index (χ0n) is 11.5. The second-order valence-electron chi connectivity index (χ2n) is 4.64. The van der Waals surface area contributed by atoms with E-state index >= 15 is 0 Å². The number of pyridine rings is 1. The number of aromatic nitrogens is 1. The van der Waals surface area contributed by atoms with E-state index in [1.165, 1.54) is 0 Å². The SMILES string of the molecule is CN(C)c1cccnc1CN=C(N)N1CCOCC1. The maximum absolute atomic E-state index is 6.00. The molecule has 2 heterocycles. The van der Waals surface area contributed by atoms with Gasteiger partial charge in [-0.05, 0) is 12.1 Å². The molecular weight excluding hydrogens is 242 g/mol. The van der Waals surface area contributed by atoms with Crippen LogP contribution in [0.15, 0.2) is 23.3 Å². The molecule has 1 saturated heterocycles. The van der Waals surface area contributed by atoms with Gasteiger partial charge in [0.25, 0.3) is 0 Å². The Morgan fingerprint density at radius 1 is 1.47 bits per heavy atom. The highest BCUT2D eigenvalue weighted by Crippen LogP contribution is 2.16. The summed E-state index contributed by atoms with van der Waals surface area (Å²) in [6.07, 6.45) is 1.78. The number of aliphatic imine (C=N–C) groups is 1. The average Bonchev–Trinajstić information content (AvgIpc) is 2.46. The zero-order valence-corrected chi connectivity index (χ0v) is 11.5. The van der Waals surface area contributed by atoms with E-state index in [2.05, 4.69) is 9.98 Å². The van der Waals surface area contributed by atoms with Crippen LogP contribution in [0.25, 0.3) is 0 Å². The summed E-state index contributed by atoms with van der Waals surface area (Å²) in [5.41, 5.74) is 8.01. The molecule has 0 atom stereocenters. The Bertz CT molecular complexity index is 440.